The molecule has 0 aliphatic rings. The standard InChI is InChI=1S/C37H30B5N3/c38-32-31(33(39)35(41)36(42)34(32)40)37-44-29(19-30(45-37)25-9-3-8-24(18-25)26-10-5-17-43-20-26)23-15-13-22(14-16-23)28-12-4-7-21-6-1-2-11-27(21)28/h1-20H,38-42H2. The summed E-state index contributed by atoms with van der Waals surface area (Å²) in [6.07, 6.45) is 3.70. The third-order valence-corrected chi connectivity index (χ3v) is 9.38. The van der Waals surface area contributed by atoms with Crippen LogP contribution >= 0.6 is 0 Å². The molecule has 2 heterocycles. The predicted octanol–water partition coefficient (Wildman–Crippen LogP) is 0.652. The minimum atomic E-state index is 0.758. The van der Waals surface area contributed by atoms with E-state index >= 15 is 0 Å². The lowest BCUT2D eigenvalue weighted by atomic mass is 9.60. The fourth-order valence-electron chi connectivity index (χ4n) is 6.38. The lowest BCUT2D eigenvalue weighted by Crippen LogP contribution is -2.55. The molecule has 8 heteroatoms. The van der Waals surface area contributed by atoms with E-state index in [1.165, 1.54) is 49.2 Å². The highest BCUT2D eigenvalue weighted by molar-refractivity contribution is 6.68. The fourth-order valence-corrected chi connectivity index (χ4v) is 6.38. The van der Waals surface area contributed by atoms with Crippen molar-refractivity contribution >= 4 is 77.3 Å². The third-order valence-electron chi connectivity index (χ3n) is 9.38. The number of aromatic nitrogens is 3. The van der Waals surface area contributed by atoms with Crippen LogP contribution in [-0.2, 0) is 0 Å². The van der Waals surface area contributed by atoms with Gasteiger partial charge in [0.15, 0.2) is 5.82 Å². The molecule has 0 aliphatic heterocycles. The van der Waals surface area contributed by atoms with Crippen molar-refractivity contribution in [3.63, 3.8) is 0 Å². The smallest absolute Gasteiger partial charge is 0.159 e. The molecule has 0 radical (unpaired) electrons. The first kappa shape index (κ1) is 28.7. The van der Waals surface area contributed by atoms with Gasteiger partial charge in [-0.15, -0.1) is 16.4 Å². The number of rotatable bonds is 5. The second kappa shape index (κ2) is 11.8. The van der Waals surface area contributed by atoms with Crippen LogP contribution in [0.25, 0.3) is 66.9 Å². The summed E-state index contributed by atoms with van der Waals surface area (Å²) < 4.78 is 0. The Balaban J connectivity index is 1.40. The molecule has 0 saturated carbocycles. The lowest BCUT2D eigenvalue weighted by molar-refractivity contribution is 1.19. The Kier molecular flexibility index (Phi) is 7.50. The Hall–Kier alpha value is -5.09. The summed E-state index contributed by atoms with van der Waals surface area (Å²) in [4.78, 5) is 14.8. The Morgan fingerprint density at radius 1 is 0.444 bits per heavy atom. The van der Waals surface area contributed by atoms with E-state index in [0.29, 0.717) is 0 Å². The zero-order valence-electron chi connectivity index (χ0n) is 26.4. The minimum Gasteiger partial charge on any atom is -0.264 e. The molecule has 0 N–H and O–H groups in total. The second-order valence-corrected chi connectivity index (χ2v) is 11.9. The van der Waals surface area contributed by atoms with Crippen LogP contribution in [0.15, 0.2) is 122 Å². The number of nitrogens with zero attached hydrogens (tertiary/aromatic N) is 3. The van der Waals surface area contributed by atoms with Gasteiger partial charge in [-0.25, -0.2) is 9.97 Å². The fraction of sp³-hybridized carbons (Fsp3) is 0. The lowest BCUT2D eigenvalue weighted by Gasteiger charge is -2.20. The molecule has 0 bridgehead atoms. The van der Waals surface area contributed by atoms with Crippen LogP contribution < -0.4 is 27.3 Å². The quantitative estimate of drug-likeness (QED) is 0.286. The van der Waals surface area contributed by atoms with Crippen molar-refractivity contribution in [1.29, 1.82) is 0 Å². The van der Waals surface area contributed by atoms with Crippen LogP contribution in [0.1, 0.15) is 0 Å². The van der Waals surface area contributed by atoms with Gasteiger partial charge in [0.25, 0.3) is 0 Å². The zero-order chi connectivity index (χ0) is 31.1. The Morgan fingerprint density at radius 2 is 1.04 bits per heavy atom. The molecular weight excluding hydrogens is 540 g/mol. The molecule has 0 fully saturated rings. The van der Waals surface area contributed by atoms with E-state index in [2.05, 4.69) is 147 Å². The Morgan fingerprint density at radius 3 is 1.78 bits per heavy atom. The van der Waals surface area contributed by atoms with Crippen LogP contribution in [0.5, 0.6) is 0 Å². The van der Waals surface area contributed by atoms with E-state index in [0.717, 1.165) is 45.0 Å². The highest BCUT2D eigenvalue weighted by Gasteiger charge is 2.18. The van der Waals surface area contributed by atoms with Crippen molar-refractivity contribution in [3.8, 4) is 56.2 Å². The van der Waals surface area contributed by atoms with Crippen LogP contribution in [0.3, 0.4) is 0 Å². The van der Waals surface area contributed by atoms with E-state index in [9.17, 15) is 0 Å². The van der Waals surface area contributed by atoms with Crippen molar-refractivity contribution < 1.29 is 0 Å². The SMILES string of the molecule is Bc1c(B)c(B)c(-c2nc(-c3ccc(-c4cccc5ccccc45)cc3)cc(-c3cccc(-c4cccnc4)c3)n2)c(B)c1B. The highest BCUT2D eigenvalue weighted by Crippen LogP contribution is 2.32. The van der Waals surface area contributed by atoms with Gasteiger partial charge in [-0.05, 0) is 45.7 Å². The zero-order valence-corrected chi connectivity index (χ0v) is 26.4. The first-order valence-electron chi connectivity index (χ1n) is 15.4. The van der Waals surface area contributed by atoms with Crippen molar-refractivity contribution in [1.82, 2.24) is 15.0 Å². The molecule has 5 aromatic carbocycles. The molecule has 0 aliphatic carbocycles. The number of hydrogen-bond acceptors (Lipinski definition) is 3. The van der Waals surface area contributed by atoms with Crippen LogP contribution in [0.4, 0.5) is 0 Å². The van der Waals surface area contributed by atoms with E-state index in [1.807, 2.05) is 12.3 Å². The largest absolute Gasteiger partial charge is 0.264 e. The Labute approximate surface area is 269 Å². The van der Waals surface area contributed by atoms with Crippen molar-refractivity contribution in [2.45, 2.75) is 0 Å². The van der Waals surface area contributed by atoms with Gasteiger partial charge >= 0.3 is 0 Å². The first-order valence-corrected chi connectivity index (χ1v) is 15.4. The number of benzene rings is 5. The average molecular weight is 571 g/mol. The summed E-state index contributed by atoms with van der Waals surface area (Å²) in [6.45, 7) is 0. The van der Waals surface area contributed by atoms with Crippen LogP contribution in [0, 0.1) is 0 Å². The van der Waals surface area contributed by atoms with Gasteiger partial charge in [0.1, 0.15) is 39.2 Å². The maximum Gasteiger partial charge on any atom is 0.159 e. The summed E-state index contributed by atoms with van der Waals surface area (Å²) in [5.41, 5.74) is 16.0. The third kappa shape index (κ3) is 5.31. The number of fused-ring (bicyclic) bond motifs is 1. The highest BCUT2D eigenvalue weighted by atomic mass is 14.9. The summed E-state index contributed by atoms with van der Waals surface area (Å²) in [7, 11) is 11.0. The summed E-state index contributed by atoms with van der Waals surface area (Å²) in [6, 6.07) is 38.5. The van der Waals surface area contributed by atoms with Crippen molar-refractivity contribution in [3.05, 3.63) is 122 Å². The molecule has 7 aromatic rings. The molecule has 0 saturated heterocycles. The summed E-state index contributed by atoms with van der Waals surface area (Å²) in [5.74, 6) is 0.758. The van der Waals surface area contributed by atoms with Gasteiger partial charge in [0.05, 0.1) is 11.4 Å². The maximum atomic E-state index is 5.24. The van der Waals surface area contributed by atoms with Crippen molar-refractivity contribution in [2.75, 3.05) is 0 Å². The van der Waals surface area contributed by atoms with E-state index in [1.54, 1.807) is 6.20 Å². The Bertz CT molecular complexity index is 2180. The summed E-state index contributed by atoms with van der Waals surface area (Å²) in [5, 5.41) is 2.50. The monoisotopic (exact) mass is 571 g/mol. The molecule has 3 nitrogen and oxygen atoms in total. The van der Waals surface area contributed by atoms with Gasteiger partial charge in [-0.3, -0.25) is 4.98 Å². The second-order valence-electron chi connectivity index (χ2n) is 11.9. The molecule has 45 heavy (non-hydrogen) atoms. The average Bonchev–Trinajstić information content (AvgIpc) is 3.10. The van der Waals surface area contributed by atoms with Gasteiger partial charge in [0.2, 0.25) is 0 Å². The predicted molar refractivity (Wildman–Crippen MR) is 205 cm³/mol. The van der Waals surface area contributed by atoms with Gasteiger partial charge < -0.3 is 0 Å². The molecule has 0 spiro atoms. The van der Waals surface area contributed by atoms with Crippen molar-refractivity contribution in [2.24, 2.45) is 0 Å². The molecule has 0 atom stereocenters. The molecule has 2 aromatic heterocycles. The molecule has 208 valence electrons. The molecule has 7 rings (SSSR count). The minimum absolute atomic E-state index is 0.758. The normalized spacial score (nSPS) is 11.1. The van der Waals surface area contributed by atoms with Crippen LogP contribution in [0.2, 0.25) is 0 Å². The number of pyridine rings is 1. The number of hydrogen-bond donors (Lipinski definition) is 0. The van der Waals surface area contributed by atoms with Gasteiger partial charge in [-0.1, -0.05) is 102 Å². The molecule has 0 unspecified atom stereocenters. The van der Waals surface area contributed by atoms with E-state index < -0.39 is 0 Å². The van der Waals surface area contributed by atoms with Gasteiger partial charge in [-0.2, -0.15) is 0 Å². The first-order chi connectivity index (χ1) is 21.9. The molecular formula is C37H30B5N3. The van der Waals surface area contributed by atoms with Crippen LogP contribution in [-0.4, -0.2) is 54.2 Å². The maximum absolute atomic E-state index is 5.24. The molecule has 0 amide bonds. The topological polar surface area (TPSA) is 38.7 Å². The summed E-state index contributed by atoms with van der Waals surface area (Å²) >= 11 is 0. The van der Waals surface area contributed by atoms with Gasteiger partial charge in [0, 0.05) is 34.6 Å². The van der Waals surface area contributed by atoms with E-state index in [-0.39, 0.29) is 0 Å². The van der Waals surface area contributed by atoms with E-state index in [4.69, 9.17) is 9.97 Å².